The van der Waals surface area contributed by atoms with Gasteiger partial charge in [-0.05, 0) is 34.6 Å². The molecule has 0 saturated carbocycles. The highest BCUT2D eigenvalue weighted by Gasteiger charge is 2.70. The first-order valence-electron chi connectivity index (χ1n) is 8.90. The van der Waals surface area contributed by atoms with Gasteiger partial charge in [0.2, 0.25) is 5.72 Å². The van der Waals surface area contributed by atoms with Crippen LogP contribution in [0.3, 0.4) is 0 Å². The van der Waals surface area contributed by atoms with Crippen LogP contribution in [0.25, 0.3) is 0 Å². The Bertz CT molecular complexity index is 651. The second kappa shape index (κ2) is 5.45. The van der Waals surface area contributed by atoms with Gasteiger partial charge in [0.25, 0.3) is 0 Å². The average molecular weight is 370 g/mol. The number of fused-ring (bicyclic) bond motifs is 2. The zero-order valence-electron chi connectivity index (χ0n) is 16.0. The number of azo groups is 1. The molecule has 9 nitrogen and oxygen atoms in total. The van der Waals surface area contributed by atoms with Crippen molar-refractivity contribution in [1.82, 2.24) is 0 Å². The molecule has 0 N–H and O–H groups in total. The van der Waals surface area contributed by atoms with E-state index in [-0.39, 0.29) is 6.10 Å². The van der Waals surface area contributed by atoms with E-state index in [0.717, 1.165) is 0 Å². The molecule has 3 saturated heterocycles. The molecule has 0 aromatic carbocycles. The zero-order valence-corrected chi connectivity index (χ0v) is 16.0. The molecule has 4 heterocycles. The largest absolute Gasteiger partial charge is 0.436 e. The number of hydrogen-bond donors (Lipinski definition) is 0. The molecule has 26 heavy (non-hydrogen) atoms. The van der Waals surface area contributed by atoms with Gasteiger partial charge in [0.1, 0.15) is 23.9 Å². The van der Waals surface area contributed by atoms with Crippen molar-refractivity contribution in [3.05, 3.63) is 0 Å². The van der Waals surface area contributed by atoms with Crippen LogP contribution in [-0.4, -0.2) is 60.0 Å². The molecule has 0 radical (unpaired) electrons. The number of rotatable bonds is 2. The van der Waals surface area contributed by atoms with Crippen molar-refractivity contribution in [3.8, 4) is 0 Å². The first-order valence-corrected chi connectivity index (χ1v) is 8.90. The van der Waals surface area contributed by atoms with Gasteiger partial charge in [-0.25, -0.2) is 0 Å². The Labute approximate surface area is 152 Å². The third-order valence-corrected chi connectivity index (χ3v) is 5.11. The lowest BCUT2D eigenvalue weighted by Crippen LogP contribution is -2.53. The topological polar surface area (TPSA) is 97.2 Å². The van der Waals surface area contributed by atoms with Crippen LogP contribution in [0.1, 0.15) is 48.0 Å². The van der Waals surface area contributed by atoms with Crippen molar-refractivity contribution in [1.29, 1.82) is 0 Å². The minimum absolute atomic E-state index is 0.325. The van der Waals surface area contributed by atoms with Crippen molar-refractivity contribution in [2.24, 2.45) is 10.2 Å². The molecule has 1 spiro atoms. The summed E-state index contributed by atoms with van der Waals surface area (Å²) in [6, 6.07) is 0. The summed E-state index contributed by atoms with van der Waals surface area (Å²) in [5, 5.41) is 8.82. The normalized spacial score (nSPS) is 48.2. The van der Waals surface area contributed by atoms with E-state index in [1.165, 1.54) is 6.92 Å². The van der Waals surface area contributed by atoms with E-state index >= 15 is 0 Å². The highest BCUT2D eigenvalue weighted by atomic mass is 16.8. The molecular formula is C17H26N2O7. The number of carbonyl (C=O) groups excluding carboxylic acids is 1. The molecule has 3 fully saturated rings. The summed E-state index contributed by atoms with van der Waals surface area (Å²) in [6.07, 6.45) is -1.59. The van der Waals surface area contributed by atoms with Crippen molar-refractivity contribution < 1.29 is 33.2 Å². The van der Waals surface area contributed by atoms with Gasteiger partial charge in [0.15, 0.2) is 17.9 Å². The molecule has 0 aromatic rings. The maximum Gasteiger partial charge on any atom is 0.304 e. The first kappa shape index (κ1) is 18.2. The molecule has 4 rings (SSSR count). The van der Waals surface area contributed by atoms with Gasteiger partial charge in [0, 0.05) is 13.3 Å². The summed E-state index contributed by atoms with van der Waals surface area (Å²) in [5.74, 6) is -1.92. The Morgan fingerprint density at radius 1 is 1.00 bits per heavy atom. The lowest BCUT2D eigenvalue weighted by Gasteiger charge is -2.35. The lowest BCUT2D eigenvalue weighted by molar-refractivity contribution is -0.230. The van der Waals surface area contributed by atoms with Gasteiger partial charge in [0.05, 0.1) is 6.61 Å². The minimum atomic E-state index is -1.08. The van der Waals surface area contributed by atoms with Crippen LogP contribution >= 0.6 is 0 Å². The smallest absolute Gasteiger partial charge is 0.304 e. The Kier molecular flexibility index (Phi) is 3.82. The third-order valence-electron chi connectivity index (χ3n) is 5.11. The van der Waals surface area contributed by atoms with Gasteiger partial charge in [-0.15, -0.1) is 5.11 Å². The first-order chi connectivity index (χ1) is 11.9. The van der Waals surface area contributed by atoms with Crippen molar-refractivity contribution >= 4 is 5.97 Å². The second-order valence-electron chi connectivity index (χ2n) is 8.49. The fraction of sp³-hybridized carbons (Fsp3) is 0.941. The van der Waals surface area contributed by atoms with E-state index in [9.17, 15) is 4.79 Å². The molecule has 146 valence electrons. The summed E-state index contributed by atoms with van der Waals surface area (Å²) >= 11 is 0. The van der Waals surface area contributed by atoms with Crippen molar-refractivity contribution in [2.45, 2.75) is 95.4 Å². The van der Waals surface area contributed by atoms with Gasteiger partial charge >= 0.3 is 5.97 Å². The number of nitrogens with zero attached hydrogens (tertiary/aromatic N) is 2. The van der Waals surface area contributed by atoms with Crippen LogP contribution in [0, 0.1) is 0 Å². The Hall–Kier alpha value is -1.13. The highest BCUT2D eigenvalue weighted by molar-refractivity contribution is 5.66. The second-order valence-corrected chi connectivity index (χ2v) is 8.49. The quantitative estimate of drug-likeness (QED) is 0.685. The van der Waals surface area contributed by atoms with E-state index in [4.69, 9.17) is 28.4 Å². The monoisotopic (exact) mass is 370 g/mol. The molecule has 4 aliphatic heterocycles. The van der Waals surface area contributed by atoms with E-state index < -0.39 is 47.3 Å². The highest BCUT2D eigenvalue weighted by Crippen LogP contribution is 2.54. The molecule has 0 amide bonds. The van der Waals surface area contributed by atoms with Gasteiger partial charge in [-0.3, -0.25) is 4.79 Å². The maximum atomic E-state index is 11.5. The van der Waals surface area contributed by atoms with E-state index in [1.807, 2.05) is 27.7 Å². The SMILES string of the molecule is CC(=O)O[C@@]1(C)C[C@@]2(N=N1)[C@@H]([C@H]1COC(C)(C)O1)O[C@@H]1OC(C)(C)O[C@@H]12. The van der Waals surface area contributed by atoms with Crippen LogP contribution in [0.15, 0.2) is 10.2 Å². The van der Waals surface area contributed by atoms with Crippen LogP contribution in [0.4, 0.5) is 0 Å². The molecule has 0 aromatic heterocycles. The fourth-order valence-electron chi connectivity index (χ4n) is 4.34. The summed E-state index contributed by atoms with van der Waals surface area (Å²) in [5.41, 5.74) is -1.95. The molecule has 4 aliphatic rings. The Balaban J connectivity index is 1.66. The zero-order chi connectivity index (χ0) is 19.0. The molecule has 0 bridgehead atoms. The predicted octanol–water partition coefficient (Wildman–Crippen LogP) is 1.89. The number of carbonyl (C=O) groups is 1. The molecular weight excluding hydrogens is 344 g/mol. The Morgan fingerprint density at radius 3 is 2.35 bits per heavy atom. The number of esters is 1. The molecule has 6 atom stereocenters. The predicted molar refractivity (Wildman–Crippen MR) is 86.0 cm³/mol. The lowest BCUT2D eigenvalue weighted by atomic mass is 9.81. The van der Waals surface area contributed by atoms with Crippen LogP contribution in [0.5, 0.6) is 0 Å². The maximum absolute atomic E-state index is 11.5. The third kappa shape index (κ3) is 2.86. The van der Waals surface area contributed by atoms with E-state index in [0.29, 0.717) is 13.0 Å². The van der Waals surface area contributed by atoms with Gasteiger partial charge in [-0.2, -0.15) is 5.11 Å². The number of ether oxygens (including phenoxy) is 6. The minimum Gasteiger partial charge on any atom is -0.436 e. The summed E-state index contributed by atoms with van der Waals surface area (Å²) in [7, 11) is 0. The van der Waals surface area contributed by atoms with Crippen molar-refractivity contribution in [3.63, 3.8) is 0 Å². The van der Waals surface area contributed by atoms with Crippen molar-refractivity contribution in [2.75, 3.05) is 6.61 Å². The Morgan fingerprint density at radius 2 is 1.73 bits per heavy atom. The summed E-state index contributed by atoms with van der Waals surface area (Å²) < 4.78 is 35.3. The fourth-order valence-corrected chi connectivity index (χ4v) is 4.34. The van der Waals surface area contributed by atoms with E-state index in [1.54, 1.807) is 6.92 Å². The molecule has 0 aliphatic carbocycles. The average Bonchev–Trinajstić information content (AvgIpc) is 3.15. The summed E-state index contributed by atoms with van der Waals surface area (Å²) in [4.78, 5) is 11.5. The van der Waals surface area contributed by atoms with Crippen LogP contribution < -0.4 is 0 Å². The van der Waals surface area contributed by atoms with Crippen LogP contribution in [0.2, 0.25) is 0 Å². The van der Waals surface area contributed by atoms with Crippen LogP contribution in [-0.2, 0) is 33.2 Å². The molecule has 9 heteroatoms. The molecule has 0 unspecified atom stereocenters. The van der Waals surface area contributed by atoms with Gasteiger partial charge < -0.3 is 28.4 Å². The summed E-state index contributed by atoms with van der Waals surface area (Å²) in [6.45, 7) is 10.8. The standard InChI is InChI=1S/C17H26N2O7/c1-9(20)23-16(6)8-17(19-18-16)11(10-7-21-14(2,3)24-10)22-13-12(17)25-15(4,5)26-13/h10-13H,7-8H2,1-6H3/t10-,11-,12+,13-,16+,17-/m1/s1. The van der Waals surface area contributed by atoms with E-state index in [2.05, 4.69) is 10.2 Å². The van der Waals surface area contributed by atoms with Gasteiger partial charge in [-0.1, -0.05) is 0 Å². The number of hydrogen-bond acceptors (Lipinski definition) is 9.